The Morgan fingerprint density at radius 3 is 2.84 bits per heavy atom. The first kappa shape index (κ1) is 13.5. The third kappa shape index (κ3) is 3.53. The second-order valence-electron chi connectivity index (χ2n) is 4.71. The lowest BCUT2D eigenvalue weighted by atomic mass is 10.1. The molecule has 19 heavy (non-hydrogen) atoms. The molecular formula is C14H20N4O. The average molecular weight is 260 g/mol. The van der Waals surface area contributed by atoms with Gasteiger partial charge in [-0.15, -0.1) is 6.58 Å². The molecule has 2 heterocycles. The molecule has 1 aromatic heterocycles. The van der Waals surface area contributed by atoms with Crippen molar-refractivity contribution in [3.05, 3.63) is 30.2 Å². The molecule has 1 fully saturated rings. The van der Waals surface area contributed by atoms with Crippen molar-refractivity contribution < 1.29 is 4.79 Å². The van der Waals surface area contributed by atoms with E-state index in [1.54, 1.807) is 12.1 Å². The maximum Gasteiger partial charge on any atom is 0.270 e. The number of rotatable bonds is 4. The van der Waals surface area contributed by atoms with E-state index < -0.39 is 0 Å². The molecule has 2 rings (SSSR count). The molecule has 0 spiro atoms. The quantitative estimate of drug-likeness (QED) is 0.837. The van der Waals surface area contributed by atoms with E-state index in [0.717, 1.165) is 18.9 Å². The van der Waals surface area contributed by atoms with Gasteiger partial charge in [0.05, 0.1) is 0 Å². The van der Waals surface area contributed by atoms with E-state index in [-0.39, 0.29) is 5.91 Å². The van der Waals surface area contributed by atoms with Gasteiger partial charge in [-0.2, -0.15) is 0 Å². The zero-order valence-corrected chi connectivity index (χ0v) is 11.4. The van der Waals surface area contributed by atoms with E-state index in [9.17, 15) is 4.79 Å². The maximum atomic E-state index is 11.9. The van der Waals surface area contributed by atoms with Crippen LogP contribution in [0.4, 0.5) is 5.82 Å². The van der Waals surface area contributed by atoms with Gasteiger partial charge in [0.2, 0.25) is 0 Å². The molecule has 0 aromatic carbocycles. The molecule has 1 saturated heterocycles. The lowest BCUT2D eigenvalue weighted by Gasteiger charge is -2.28. The third-order valence-electron chi connectivity index (χ3n) is 3.14. The number of amides is 1. The summed E-state index contributed by atoms with van der Waals surface area (Å²) >= 11 is 0. The molecule has 1 aromatic rings. The molecule has 5 nitrogen and oxygen atoms in total. The number of anilines is 1. The van der Waals surface area contributed by atoms with Gasteiger partial charge in [-0.3, -0.25) is 4.79 Å². The fourth-order valence-corrected chi connectivity index (χ4v) is 2.21. The first-order chi connectivity index (χ1) is 9.20. The Morgan fingerprint density at radius 1 is 1.42 bits per heavy atom. The third-order valence-corrected chi connectivity index (χ3v) is 3.14. The number of nitrogens with zero attached hydrogens (tertiary/aromatic N) is 3. The summed E-state index contributed by atoms with van der Waals surface area (Å²) in [5.41, 5.74) is 0.426. The Bertz CT molecular complexity index is 467. The van der Waals surface area contributed by atoms with Crippen molar-refractivity contribution in [3.63, 3.8) is 0 Å². The van der Waals surface area contributed by atoms with Crippen LogP contribution in [-0.4, -0.2) is 35.5 Å². The Hall–Kier alpha value is -1.91. The highest BCUT2D eigenvalue weighted by Gasteiger charge is 2.16. The van der Waals surface area contributed by atoms with E-state index in [0.29, 0.717) is 18.1 Å². The van der Waals surface area contributed by atoms with Gasteiger partial charge in [0, 0.05) is 25.7 Å². The molecule has 0 bridgehead atoms. The van der Waals surface area contributed by atoms with Crippen LogP contribution in [0.25, 0.3) is 0 Å². The minimum absolute atomic E-state index is 0.177. The van der Waals surface area contributed by atoms with Crippen LogP contribution in [0.3, 0.4) is 0 Å². The molecule has 1 amide bonds. The summed E-state index contributed by atoms with van der Waals surface area (Å²) in [4.78, 5) is 22.8. The predicted molar refractivity (Wildman–Crippen MR) is 75.4 cm³/mol. The number of aryl methyl sites for hydroxylation is 1. The van der Waals surface area contributed by atoms with Crippen LogP contribution in [-0.2, 0) is 0 Å². The maximum absolute atomic E-state index is 11.9. The van der Waals surface area contributed by atoms with Crippen LogP contribution >= 0.6 is 0 Å². The van der Waals surface area contributed by atoms with Crippen molar-refractivity contribution in [1.29, 1.82) is 0 Å². The Balaban J connectivity index is 2.18. The van der Waals surface area contributed by atoms with Crippen LogP contribution in [0.5, 0.6) is 0 Å². The fraction of sp³-hybridized carbons (Fsp3) is 0.500. The Morgan fingerprint density at radius 2 is 2.16 bits per heavy atom. The van der Waals surface area contributed by atoms with Gasteiger partial charge >= 0.3 is 0 Å². The SMILES string of the molecule is C=CCNC(=O)c1cc(N2CCCCC2)nc(C)n1. The molecule has 1 aliphatic rings. The number of carbonyl (C=O) groups is 1. The average Bonchev–Trinajstić information content (AvgIpc) is 2.45. The Kier molecular flexibility index (Phi) is 4.49. The molecule has 5 heteroatoms. The Labute approximate surface area is 113 Å². The summed E-state index contributed by atoms with van der Waals surface area (Å²) in [5.74, 6) is 1.31. The second-order valence-corrected chi connectivity index (χ2v) is 4.71. The van der Waals surface area contributed by atoms with Gasteiger partial charge in [0.25, 0.3) is 5.91 Å². The van der Waals surface area contributed by atoms with E-state index >= 15 is 0 Å². The first-order valence-electron chi connectivity index (χ1n) is 6.70. The molecule has 1 aliphatic heterocycles. The fourth-order valence-electron chi connectivity index (χ4n) is 2.21. The van der Waals surface area contributed by atoms with Crippen molar-refractivity contribution in [2.24, 2.45) is 0 Å². The zero-order valence-electron chi connectivity index (χ0n) is 11.4. The summed E-state index contributed by atoms with van der Waals surface area (Å²) in [5, 5.41) is 2.74. The van der Waals surface area contributed by atoms with Crippen LogP contribution in [0.2, 0.25) is 0 Å². The van der Waals surface area contributed by atoms with Crippen molar-refractivity contribution in [2.45, 2.75) is 26.2 Å². The highest BCUT2D eigenvalue weighted by Crippen LogP contribution is 2.18. The van der Waals surface area contributed by atoms with Gasteiger partial charge in [-0.05, 0) is 26.2 Å². The first-order valence-corrected chi connectivity index (χ1v) is 6.70. The summed E-state index contributed by atoms with van der Waals surface area (Å²) in [6, 6.07) is 1.77. The molecule has 102 valence electrons. The topological polar surface area (TPSA) is 58.1 Å². The number of hydrogen-bond acceptors (Lipinski definition) is 4. The number of piperidine rings is 1. The summed E-state index contributed by atoms with van der Waals surface area (Å²) in [6.45, 7) is 7.85. The summed E-state index contributed by atoms with van der Waals surface area (Å²) in [6.07, 6.45) is 5.28. The van der Waals surface area contributed by atoms with E-state index in [1.165, 1.54) is 19.3 Å². The number of aromatic nitrogens is 2. The van der Waals surface area contributed by atoms with E-state index in [4.69, 9.17) is 0 Å². The predicted octanol–water partition coefficient (Wildman–Crippen LogP) is 1.69. The van der Waals surface area contributed by atoms with E-state index in [1.807, 2.05) is 6.92 Å². The van der Waals surface area contributed by atoms with Crippen molar-refractivity contribution in [2.75, 3.05) is 24.5 Å². The molecule has 0 unspecified atom stereocenters. The normalized spacial score (nSPS) is 15.1. The van der Waals surface area contributed by atoms with Crippen LogP contribution in [0.15, 0.2) is 18.7 Å². The highest BCUT2D eigenvalue weighted by atomic mass is 16.1. The van der Waals surface area contributed by atoms with Crippen molar-refractivity contribution >= 4 is 11.7 Å². The van der Waals surface area contributed by atoms with Gasteiger partial charge in [-0.1, -0.05) is 6.08 Å². The number of carbonyl (C=O) groups excluding carboxylic acids is 1. The van der Waals surface area contributed by atoms with Gasteiger partial charge in [-0.25, -0.2) is 9.97 Å². The summed E-state index contributed by atoms with van der Waals surface area (Å²) in [7, 11) is 0. The molecule has 0 aliphatic carbocycles. The molecule has 0 atom stereocenters. The van der Waals surface area contributed by atoms with Crippen molar-refractivity contribution in [1.82, 2.24) is 15.3 Å². The number of nitrogens with one attached hydrogen (secondary N) is 1. The highest BCUT2D eigenvalue weighted by molar-refractivity contribution is 5.93. The standard InChI is InChI=1S/C14H20N4O/c1-3-7-15-14(19)12-10-13(17-11(2)16-12)18-8-5-4-6-9-18/h3,10H,1,4-9H2,2H3,(H,15,19). The van der Waals surface area contributed by atoms with Crippen molar-refractivity contribution in [3.8, 4) is 0 Å². The molecule has 1 N–H and O–H groups in total. The molecule has 0 saturated carbocycles. The van der Waals surface area contributed by atoms with Crippen LogP contribution in [0.1, 0.15) is 35.6 Å². The van der Waals surface area contributed by atoms with E-state index in [2.05, 4.69) is 26.8 Å². The zero-order chi connectivity index (χ0) is 13.7. The second kappa shape index (κ2) is 6.31. The van der Waals surface area contributed by atoms with Gasteiger partial charge < -0.3 is 10.2 Å². The number of hydrogen-bond donors (Lipinski definition) is 1. The van der Waals surface area contributed by atoms with Crippen LogP contribution < -0.4 is 10.2 Å². The molecule has 0 radical (unpaired) electrons. The smallest absolute Gasteiger partial charge is 0.270 e. The van der Waals surface area contributed by atoms with Crippen LogP contribution in [0, 0.1) is 6.92 Å². The van der Waals surface area contributed by atoms with Gasteiger partial charge in [0.1, 0.15) is 17.3 Å². The molecular weight excluding hydrogens is 240 g/mol. The minimum atomic E-state index is -0.177. The largest absolute Gasteiger partial charge is 0.356 e. The monoisotopic (exact) mass is 260 g/mol. The lowest BCUT2D eigenvalue weighted by molar-refractivity contribution is 0.0952. The summed E-state index contributed by atoms with van der Waals surface area (Å²) < 4.78 is 0. The lowest BCUT2D eigenvalue weighted by Crippen LogP contribution is -2.31. The van der Waals surface area contributed by atoms with Gasteiger partial charge in [0.15, 0.2) is 0 Å². The minimum Gasteiger partial charge on any atom is -0.356 e.